The number of hydrogen-bond donors (Lipinski definition) is 1. The fraction of sp³-hybridized carbons (Fsp3) is 0.300. The smallest absolute Gasteiger partial charge is 0.147 e. The minimum atomic E-state index is 0.363. The van der Waals surface area contributed by atoms with Crippen molar-refractivity contribution in [3.05, 3.63) is 40.1 Å². The van der Waals surface area contributed by atoms with Crippen molar-refractivity contribution >= 4 is 16.9 Å². The molecule has 3 rings (SSSR count). The highest BCUT2D eigenvalue weighted by Crippen LogP contribution is 2.39. The number of nitrogens with zero attached hydrogens (tertiary/aromatic N) is 3. The first-order valence-corrected chi connectivity index (χ1v) is 8.26. The summed E-state index contributed by atoms with van der Waals surface area (Å²) in [6, 6.07) is 6.04. The average molecular weight is 350 g/mol. The number of fused-ring (bicyclic) bond motifs is 1. The Morgan fingerprint density at radius 3 is 2.12 bits per heavy atom. The number of aryl methyl sites for hydroxylation is 2. The van der Waals surface area contributed by atoms with Gasteiger partial charge in [-0.25, -0.2) is 4.98 Å². The van der Waals surface area contributed by atoms with Gasteiger partial charge in [0.05, 0.1) is 19.9 Å². The Labute approximate surface area is 152 Å². The van der Waals surface area contributed by atoms with Gasteiger partial charge in [0.1, 0.15) is 34.6 Å². The van der Waals surface area contributed by atoms with E-state index in [2.05, 4.69) is 6.07 Å². The van der Waals surface area contributed by atoms with Crippen LogP contribution >= 0.6 is 0 Å². The van der Waals surface area contributed by atoms with Gasteiger partial charge in [0.15, 0.2) is 0 Å². The Hall–Kier alpha value is -3.20. The zero-order chi connectivity index (χ0) is 19.2. The van der Waals surface area contributed by atoms with E-state index in [1.165, 1.54) is 0 Å². The maximum atomic E-state index is 9.66. The minimum Gasteiger partial charge on any atom is -0.496 e. The largest absolute Gasteiger partial charge is 0.496 e. The lowest BCUT2D eigenvalue weighted by molar-refractivity contribution is 0.390. The van der Waals surface area contributed by atoms with Crippen LogP contribution < -0.4 is 15.2 Å². The average Bonchev–Trinajstić information content (AvgIpc) is 2.87. The number of ether oxygens (including phenoxy) is 2. The first-order valence-electron chi connectivity index (χ1n) is 8.26. The van der Waals surface area contributed by atoms with E-state index in [-0.39, 0.29) is 0 Å². The Balaban J connectivity index is 2.53. The summed E-state index contributed by atoms with van der Waals surface area (Å²) >= 11 is 0. The molecule has 26 heavy (non-hydrogen) atoms. The van der Waals surface area contributed by atoms with Crippen molar-refractivity contribution in [3.8, 4) is 23.3 Å². The summed E-state index contributed by atoms with van der Waals surface area (Å²) in [6.07, 6.45) is 0. The molecule has 0 saturated carbocycles. The SMILES string of the molecule is COc1cc(OC)c(C)c(-n2c(N)c(C#N)c3cc(C)c(C)nc32)c1C. The molecule has 0 spiro atoms. The molecule has 0 radical (unpaired) electrons. The molecule has 2 aromatic heterocycles. The van der Waals surface area contributed by atoms with E-state index in [0.717, 1.165) is 33.5 Å². The van der Waals surface area contributed by atoms with E-state index < -0.39 is 0 Å². The molecular weight excluding hydrogens is 328 g/mol. The van der Waals surface area contributed by atoms with E-state index in [9.17, 15) is 5.26 Å². The topological polar surface area (TPSA) is 86.1 Å². The molecule has 0 unspecified atom stereocenters. The molecule has 0 aliphatic heterocycles. The lowest BCUT2D eigenvalue weighted by Gasteiger charge is -2.19. The Bertz CT molecular complexity index is 1050. The Morgan fingerprint density at radius 1 is 1.04 bits per heavy atom. The van der Waals surface area contributed by atoms with E-state index in [0.29, 0.717) is 28.5 Å². The first kappa shape index (κ1) is 17.6. The summed E-state index contributed by atoms with van der Waals surface area (Å²) in [4.78, 5) is 4.72. The summed E-state index contributed by atoms with van der Waals surface area (Å²) < 4.78 is 12.9. The molecule has 2 heterocycles. The molecule has 0 bridgehead atoms. The van der Waals surface area contributed by atoms with Crippen LogP contribution in [0.1, 0.15) is 27.9 Å². The van der Waals surface area contributed by atoms with Gasteiger partial charge in [0.2, 0.25) is 0 Å². The van der Waals surface area contributed by atoms with Gasteiger partial charge in [0, 0.05) is 28.3 Å². The molecule has 3 aromatic rings. The first-order chi connectivity index (χ1) is 12.3. The van der Waals surface area contributed by atoms with Crippen LogP contribution in [0.5, 0.6) is 11.5 Å². The summed E-state index contributed by atoms with van der Waals surface area (Å²) in [5.74, 6) is 1.73. The second-order valence-corrected chi connectivity index (χ2v) is 6.35. The van der Waals surface area contributed by atoms with Crippen LogP contribution in [0.3, 0.4) is 0 Å². The number of nitrogens with two attached hydrogens (primary N) is 1. The van der Waals surface area contributed by atoms with Crippen molar-refractivity contribution in [2.75, 3.05) is 20.0 Å². The van der Waals surface area contributed by atoms with E-state index in [4.69, 9.17) is 20.2 Å². The summed E-state index contributed by atoms with van der Waals surface area (Å²) in [5.41, 5.74) is 12.0. The highest BCUT2D eigenvalue weighted by atomic mass is 16.5. The van der Waals surface area contributed by atoms with Crippen LogP contribution in [0.25, 0.3) is 16.7 Å². The molecule has 0 amide bonds. The fourth-order valence-corrected chi connectivity index (χ4v) is 3.36. The molecule has 0 fully saturated rings. The number of benzene rings is 1. The third-order valence-corrected chi connectivity index (χ3v) is 4.91. The van der Waals surface area contributed by atoms with Crippen LogP contribution in [0, 0.1) is 39.0 Å². The molecule has 6 nitrogen and oxygen atoms in total. The minimum absolute atomic E-state index is 0.363. The number of anilines is 1. The third kappa shape index (κ3) is 2.36. The van der Waals surface area contributed by atoms with Gasteiger partial charge in [-0.15, -0.1) is 0 Å². The number of nitriles is 1. The quantitative estimate of drug-likeness (QED) is 0.778. The van der Waals surface area contributed by atoms with Crippen LogP contribution in [0.15, 0.2) is 12.1 Å². The van der Waals surface area contributed by atoms with Crippen molar-refractivity contribution < 1.29 is 9.47 Å². The van der Waals surface area contributed by atoms with Gasteiger partial charge in [-0.3, -0.25) is 4.57 Å². The Morgan fingerprint density at radius 2 is 1.62 bits per heavy atom. The molecule has 0 aliphatic rings. The second kappa shape index (κ2) is 6.26. The number of hydrogen-bond acceptors (Lipinski definition) is 5. The van der Waals surface area contributed by atoms with Gasteiger partial charge in [0.25, 0.3) is 0 Å². The van der Waals surface area contributed by atoms with Crippen molar-refractivity contribution in [2.45, 2.75) is 27.7 Å². The van der Waals surface area contributed by atoms with Crippen LogP contribution in [0.4, 0.5) is 5.82 Å². The van der Waals surface area contributed by atoms with Gasteiger partial charge < -0.3 is 15.2 Å². The number of nitrogen functional groups attached to an aromatic ring is 1. The molecule has 0 aliphatic carbocycles. The van der Waals surface area contributed by atoms with E-state index >= 15 is 0 Å². The molecule has 2 N–H and O–H groups in total. The van der Waals surface area contributed by atoms with Crippen molar-refractivity contribution in [1.29, 1.82) is 5.26 Å². The predicted molar refractivity (Wildman–Crippen MR) is 102 cm³/mol. The highest BCUT2D eigenvalue weighted by molar-refractivity contribution is 5.92. The number of aromatic nitrogens is 2. The normalized spacial score (nSPS) is 10.8. The van der Waals surface area contributed by atoms with Gasteiger partial charge in [-0.2, -0.15) is 5.26 Å². The second-order valence-electron chi connectivity index (χ2n) is 6.35. The molecule has 1 aromatic carbocycles. The maximum absolute atomic E-state index is 9.66. The van der Waals surface area contributed by atoms with Crippen LogP contribution in [0.2, 0.25) is 0 Å². The van der Waals surface area contributed by atoms with Crippen molar-refractivity contribution in [3.63, 3.8) is 0 Å². The maximum Gasteiger partial charge on any atom is 0.147 e. The predicted octanol–water partition coefficient (Wildman–Crippen LogP) is 3.73. The third-order valence-electron chi connectivity index (χ3n) is 4.91. The monoisotopic (exact) mass is 350 g/mol. The summed E-state index contributed by atoms with van der Waals surface area (Å²) in [6.45, 7) is 7.83. The number of rotatable bonds is 3. The van der Waals surface area contributed by atoms with Crippen LogP contribution in [-0.2, 0) is 0 Å². The highest BCUT2D eigenvalue weighted by Gasteiger charge is 2.23. The fourth-order valence-electron chi connectivity index (χ4n) is 3.36. The zero-order valence-corrected chi connectivity index (χ0v) is 15.9. The number of methoxy groups -OCH3 is 2. The molecule has 6 heteroatoms. The van der Waals surface area contributed by atoms with Crippen molar-refractivity contribution in [1.82, 2.24) is 9.55 Å². The van der Waals surface area contributed by atoms with E-state index in [1.54, 1.807) is 14.2 Å². The lowest BCUT2D eigenvalue weighted by Crippen LogP contribution is -2.08. The van der Waals surface area contributed by atoms with Gasteiger partial charge >= 0.3 is 0 Å². The van der Waals surface area contributed by atoms with Crippen LogP contribution in [-0.4, -0.2) is 23.8 Å². The Kier molecular flexibility index (Phi) is 4.25. The molecule has 0 atom stereocenters. The number of pyridine rings is 1. The molecule has 134 valence electrons. The van der Waals surface area contributed by atoms with Crippen molar-refractivity contribution in [2.24, 2.45) is 0 Å². The molecular formula is C20H22N4O2. The van der Waals surface area contributed by atoms with Gasteiger partial charge in [-0.1, -0.05) is 0 Å². The summed E-state index contributed by atoms with van der Waals surface area (Å²) in [5, 5.41) is 10.4. The molecule has 0 saturated heterocycles. The lowest BCUT2D eigenvalue weighted by atomic mass is 10.1. The standard InChI is InChI=1S/C20H22N4O2/c1-10-7-14-15(9-21)19(22)24(20(14)23-13(10)4)18-11(2)16(25-5)8-17(26-6)12(18)3/h7-8H,22H2,1-6H3. The van der Waals surface area contributed by atoms with Gasteiger partial charge in [-0.05, 0) is 39.3 Å². The zero-order valence-electron chi connectivity index (χ0n) is 15.9. The van der Waals surface area contributed by atoms with E-state index in [1.807, 2.05) is 44.4 Å². The summed E-state index contributed by atoms with van der Waals surface area (Å²) in [7, 11) is 3.23.